The minimum absolute atomic E-state index is 0.157. The van der Waals surface area contributed by atoms with Gasteiger partial charge in [0, 0.05) is 5.02 Å². The molecule has 26 heavy (non-hydrogen) atoms. The van der Waals surface area contributed by atoms with E-state index in [1.165, 1.54) is 4.90 Å². The summed E-state index contributed by atoms with van der Waals surface area (Å²) in [6, 6.07) is 14.5. The first-order chi connectivity index (χ1) is 12.6. The van der Waals surface area contributed by atoms with Gasteiger partial charge in [-0.15, -0.1) is 0 Å². The van der Waals surface area contributed by atoms with Gasteiger partial charge in [-0.05, 0) is 47.2 Å². The fourth-order valence-corrected chi connectivity index (χ4v) is 3.47. The Bertz CT molecular complexity index is 894. The van der Waals surface area contributed by atoms with Crippen LogP contribution in [-0.2, 0) is 11.3 Å². The van der Waals surface area contributed by atoms with Crippen molar-refractivity contribution < 1.29 is 14.3 Å². The van der Waals surface area contributed by atoms with Crippen LogP contribution in [0.15, 0.2) is 66.1 Å². The Morgan fingerprint density at radius 3 is 2.73 bits per heavy atom. The molecule has 0 atom stereocenters. The van der Waals surface area contributed by atoms with Crippen LogP contribution >= 0.6 is 23.4 Å². The molecule has 0 unspecified atom stereocenters. The van der Waals surface area contributed by atoms with Crippen LogP contribution in [0, 0.1) is 0 Å². The van der Waals surface area contributed by atoms with Gasteiger partial charge in [-0.25, -0.2) is 0 Å². The van der Waals surface area contributed by atoms with Crippen molar-refractivity contribution in [3.63, 3.8) is 0 Å². The van der Waals surface area contributed by atoms with Crippen molar-refractivity contribution >= 4 is 40.6 Å². The summed E-state index contributed by atoms with van der Waals surface area (Å²) in [6.45, 7) is 4.17. The molecule has 2 amide bonds. The highest BCUT2D eigenvalue weighted by molar-refractivity contribution is 8.18. The second-order valence-corrected chi connectivity index (χ2v) is 6.93. The average molecular weight is 386 g/mol. The molecular weight excluding hydrogens is 370 g/mol. The highest BCUT2D eigenvalue weighted by atomic mass is 35.5. The molecule has 6 heteroatoms. The van der Waals surface area contributed by atoms with Gasteiger partial charge >= 0.3 is 0 Å². The number of halogens is 1. The Labute approximate surface area is 161 Å². The molecule has 4 nitrogen and oxygen atoms in total. The van der Waals surface area contributed by atoms with Crippen molar-refractivity contribution in [1.29, 1.82) is 0 Å². The number of hydrogen-bond acceptors (Lipinski definition) is 4. The maximum Gasteiger partial charge on any atom is 0.293 e. The lowest BCUT2D eigenvalue weighted by atomic mass is 10.2. The molecule has 0 spiro atoms. The number of amides is 2. The third-order valence-corrected chi connectivity index (χ3v) is 4.96. The van der Waals surface area contributed by atoms with Crippen LogP contribution in [0.25, 0.3) is 6.08 Å². The first-order valence-corrected chi connectivity index (χ1v) is 9.10. The third-order valence-electron chi connectivity index (χ3n) is 3.68. The smallest absolute Gasteiger partial charge is 0.293 e. The van der Waals surface area contributed by atoms with Gasteiger partial charge in [0.05, 0.1) is 11.4 Å². The standard InChI is InChI=1S/C20H16ClNO3S/c1-2-10-25-16-8-5-6-14(11-16)12-18-19(23)22(20(24)26-18)13-15-7-3-4-9-17(15)21/h2-9,11-12H,1,10,13H2/b18-12+. The number of imide groups is 1. The zero-order valence-corrected chi connectivity index (χ0v) is 15.4. The highest BCUT2D eigenvalue weighted by Crippen LogP contribution is 2.34. The lowest BCUT2D eigenvalue weighted by Gasteiger charge is -2.13. The molecule has 2 aromatic carbocycles. The van der Waals surface area contributed by atoms with E-state index in [0.29, 0.717) is 22.3 Å². The van der Waals surface area contributed by atoms with E-state index in [2.05, 4.69) is 6.58 Å². The molecule has 132 valence electrons. The fraction of sp³-hybridized carbons (Fsp3) is 0.100. The minimum atomic E-state index is -0.322. The topological polar surface area (TPSA) is 46.6 Å². The van der Waals surface area contributed by atoms with Crippen LogP contribution < -0.4 is 4.74 Å². The molecule has 1 saturated heterocycles. The van der Waals surface area contributed by atoms with Crippen molar-refractivity contribution in [3.8, 4) is 5.75 Å². The summed E-state index contributed by atoms with van der Waals surface area (Å²) in [5.74, 6) is 0.353. The first-order valence-electron chi connectivity index (χ1n) is 7.91. The number of rotatable bonds is 6. The van der Waals surface area contributed by atoms with Crippen LogP contribution in [0.3, 0.4) is 0 Å². The second-order valence-electron chi connectivity index (χ2n) is 5.53. The summed E-state index contributed by atoms with van der Waals surface area (Å²) in [4.78, 5) is 26.5. The molecule has 0 aromatic heterocycles. The van der Waals surface area contributed by atoms with Gasteiger partial charge in [-0.1, -0.05) is 54.6 Å². The number of hydrogen-bond donors (Lipinski definition) is 0. The van der Waals surface area contributed by atoms with Gasteiger partial charge in [0.1, 0.15) is 12.4 Å². The SMILES string of the molecule is C=CCOc1cccc(/C=C2/SC(=O)N(Cc3ccccc3Cl)C2=O)c1. The van der Waals surface area contributed by atoms with Gasteiger partial charge in [-0.2, -0.15) is 0 Å². The Hall–Kier alpha value is -2.50. The van der Waals surface area contributed by atoms with Crippen molar-refractivity contribution in [2.75, 3.05) is 6.61 Å². The van der Waals surface area contributed by atoms with E-state index in [4.69, 9.17) is 16.3 Å². The van der Waals surface area contributed by atoms with Gasteiger partial charge in [0.15, 0.2) is 0 Å². The minimum Gasteiger partial charge on any atom is -0.490 e. The zero-order chi connectivity index (χ0) is 18.5. The number of benzene rings is 2. The molecular formula is C20H16ClNO3S. The molecule has 2 aromatic rings. The summed E-state index contributed by atoms with van der Waals surface area (Å²) in [7, 11) is 0. The largest absolute Gasteiger partial charge is 0.490 e. The number of carbonyl (C=O) groups is 2. The van der Waals surface area contributed by atoms with Gasteiger partial charge < -0.3 is 4.74 Å². The van der Waals surface area contributed by atoms with Gasteiger partial charge in [0.2, 0.25) is 0 Å². The van der Waals surface area contributed by atoms with E-state index in [9.17, 15) is 9.59 Å². The number of thioether (sulfide) groups is 1. The lowest BCUT2D eigenvalue weighted by Crippen LogP contribution is -2.27. The predicted molar refractivity (Wildman–Crippen MR) is 105 cm³/mol. The molecule has 1 aliphatic heterocycles. The maximum atomic E-state index is 12.6. The van der Waals surface area contributed by atoms with Crippen LogP contribution in [0.1, 0.15) is 11.1 Å². The quantitative estimate of drug-likeness (QED) is 0.510. The monoisotopic (exact) mass is 385 g/mol. The van der Waals surface area contributed by atoms with Crippen LogP contribution in [0.5, 0.6) is 5.75 Å². The molecule has 1 aliphatic rings. The maximum absolute atomic E-state index is 12.6. The predicted octanol–water partition coefficient (Wildman–Crippen LogP) is 5.14. The Morgan fingerprint density at radius 2 is 1.96 bits per heavy atom. The molecule has 0 radical (unpaired) electrons. The summed E-state index contributed by atoms with van der Waals surface area (Å²) in [5.41, 5.74) is 1.52. The zero-order valence-electron chi connectivity index (χ0n) is 13.9. The van der Waals surface area contributed by atoms with E-state index < -0.39 is 0 Å². The molecule has 0 bridgehead atoms. The van der Waals surface area contributed by atoms with E-state index in [-0.39, 0.29) is 17.7 Å². The Balaban J connectivity index is 1.79. The molecule has 1 fully saturated rings. The number of nitrogens with zero attached hydrogens (tertiary/aromatic N) is 1. The summed E-state index contributed by atoms with van der Waals surface area (Å²) < 4.78 is 5.49. The van der Waals surface area contributed by atoms with E-state index in [0.717, 1.165) is 22.9 Å². The van der Waals surface area contributed by atoms with Crippen molar-refractivity contribution in [2.45, 2.75) is 6.54 Å². The molecule has 0 N–H and O–H groups in total. The van der Waals surface area contributed by atoms with Crippen LogP contribution in [-0.4, -0.2) is 22.7 Å². The molecule has 0 aliphatic carbocycles. The first kappa shape index (κ1) is 18.3. The van der Waals surface area contributed by atoms with E-state index in [1.54, 1.807) is 30.4 Å². The normalized spacial score (nSPS) is 15.6. The van der Waals surface area contributed by atoms with Gasteiger partial charge in [-0.3, -0.25) is 14.5 Å². The summed E-state index contributed by atoms with van der Waals surface area (Å²) >= 11 is 7.06. The second kappa shape index (κ2) is 8.25. The highest BCUT2D eigenvalue weighted by Gasteiger charge is 2.35. The molecule has 1 heterocycles. The van der Waals surface area contributed by atoms with E-state index in [1.807, 2.05) is 30.3 Å². The van der Waals surface area contributed by atoms with Crippen LogP contribution in [0.2, 0.25) is 5.02 Å². The summed E-state index contributed by atoms with van der Waals surface area (Å²) in [6.07, 6.45) is 3.35. The fourth-order valence-electron chi connectivity index (χ4n) is 2.43. The van der Waals surface area contributed by atoms with Crippen molar-refractivity contribution in [2.24, 2.45) is 0 Å². The number of carbonyl (C=O) groups excluding carboxylic acids is 2. The molecule has 0 saturated carbocycles. The molecule has 3 rings (SSSR count). The lowest BCUT2D eigenvalue weighted by molar-refractivity contribution is -0.123. The van der Waals surface area contributed by atoms with Crippen molar-refractivity contribution in [1.82, 2.24) is 4.90 Å². The average Bonchev–Trinajstić information content (AvgIpc) is 2.89. The third kappa shape index (κ3) is 4.18. The van der Waals surface area contributed by atoms with E-state index >= 15 is 0 Å². The summed E-state index contributed by atoms with van der Waals surface area (Å²) in [5, 5.41) is 0.225. The Kier molecular flexibility index (Phi) is 5.81. The van der Waals surface area contributed by atoms with Crippen molar-refractivity contribution in [3.05, 3.63) is 82.2 Å². The number of ether oxygens (including phenoxy) is 1. The van der Waals surface area contributed by atoms with Crippen LogP contribution in [0.4, 0.5) is 4.79 Å². The Morgan fingerprint density at radius 1 is 1.15 bits per heavy atom. The van der Waals surface area contributed by atoms with Gasteiger partial charge in [0.25, 0.3) is 11.1 Å².